The number of alkyl halides is 1. The number of aromatic nitrogens is 2. The number of fused-ring (bicyclic) bond motifs is 6. The number of nitrogens with zero attached hydrogens (tertiary/aromatic N) is 2. The SMILES string of the molecule is Cc1cc(C)c(-c2c(C)nc3c4c(C(C)(C)F)cccc4c4ccc(-c5c(C)cccc5C)cc4n23)c(C)c1. The summed E-state index contributed by atoms with van der Waals surface area (Å²) in [6, 6.07) is 23.6. The van der Waals surface area contributed by atoms with E-state index in [1.54, 1.807) is 13.8 Å². The normalized spacial score (nSPS) is 12.2. The molecule has 39 heavy (non-hydrogen) atoms. The van der Waals surface area contributed by atoms with Gasteiger partial charge in [0.15, 0.2) is 0 Å². The maximum atomic E-state index is 15.7. The van der Waals surface area contributed by atoms with Gasteiger partial charge in [0, 0.05) is 21.9 Å². The fraction of sp³-hybridized carbons (Fsp3) is 0.250. The average Bonchev–Trinajstić information content (AvgIpc) is 3.19. The van der Waals surface area contributed by atoms with Crippen molar-refractivity contribution in [2.45, 2.75) is 61.1 Å². The Bertz CT molecular complexity index is 1910. The van der Waals surface area contributed by atoms with E-state index in [9.17, 15) is 0 Å². The molecular formula is C36H35FN2. The van der Waals surface area contributed by atoms with E-state index in [1.165, 1.54) is 44.5 Å². The van der Waals surface area contributed by atoms with Crippen LogP contribution < -0.4 is 0 Å². The van der Waals surface area contributed by atoms with Gasteiger partial charge in [0.2, 0.25) is 0 Å². The van der Waals surface area contributed by atoms with Crippen LogP contribution in [0.15, 0.2) is 66.7 Å². The Kier molecular flexibility index (Phi) is 5.69. The Labute approximate surface area is 230 Å². The van der Waals surface area contributed by atoms with Crippen LogP contribution in [-0.4, -0.2) is 9.38 Å². The van der Waals surface area contributed by atoms with Crippen LogP contribution in [0.25, 0.3) is 49.7 Å². The van der Waals surface area contributed by atoms with Gasteiger partial charge in [-0.05, 0) is 100 Å². The number of halogens is 1. The lowest BCUT2D eigenvalue weighted by atomic mass is 9.91. The van der Waals surface area contributed by atoms with E-state index in [1.807, 2.05) is 12.1 Å². The summed E-state index contributed by atoms with van der Waals surface area (Å²) in [5.74, 6) is 0. The predicted octanol–water partition coefficient (Wildman–Crippen LogP) is 10.0. The molecule has 196 valence electrons. The maximum absolute atomic E-state index is 15.7. The second kappa shape index (κ2) is 8.77. The molecule has 0 radical (unpaired) electrons. The molecule has 0 amide bonds. The van der Waals surface area contributed by atoms with Crippen LogP contribution in [0.4, 0.5) is 4.39 Å². The Morgan fingerprint density at radius 3 is 1.97 bits per heavy atom. The van der Waals surface area contributed by atoms with Crippen LogP contribution in [0, 0.1) is 41.5 Å². The first-order valence-corrected chi connectivity index (χ1v) is 13.7. The smallest absolute Gasteiger partial charge is 0.146 e. The van der Waals surface area contributed by atoms with Crippen molar-refractivity contribution in [1.82, 2.24) is 9.38 Å². The van der Waals surface area contributed by atoms with Gasteiger partial charge in [-0.15, -0.1) is 0 Å². The summed E-state index contributed by atoms with van der Waals surface area (Å²) in [5.41, 5.74) is 12.9. The standard InChI is InChI=1S/C36H35FN2/c1-20-17-23(4)32(24(5)18-20)34-25(6)38-35-33-28(13-10-14-29(33)36(7,8)37)27-16-15-26(19-30(27)39(34)35)31-21(2)11-9-12-22(31)3/h9-19H,1-8H3. The molecular weight excluding hydrogens is 479 g/mol. The van der Waals surface area contributed by atoms with Gasteiger partial charge in [-0.3, -0.25) is 4.40 Å². The highest BCUT2D eigenvalue weighted by Gasteiger charge is 2.27. The van der Waals surface area contributed by atoms with E-state index in [-0.39, 0.29) is 0 Å². The minimum Gasteiger partial charge on any atom is -0.291 e. The summed E-state index contributed by atoms with van der Waals surface area (Å²) >= 11 is 0. The highest BCUT2D eigenvalue weighted by molar-refractivity contribution is 6.14. The van der Waals surface area contributed by atoms with Crippen molar-refractivity contribution in [2.75, 3.05) is 0 Å². The molecule has 0 N–H and O–H groups in total. The highest BCUT2D eigenvalue weighted by atomic mass is 19.1. The van der Waals surface area contributed by atoms with E-state index < -0.39 is 5.67 Å². The maximum Gasteiger partial charge on any atom is 0.146 e. The molecule has 0 fully saturated rings. The Morgan fingerprint density at radius 1 is 0.692 bits per heavy atom. The zero-order chi connectivity index (χ0) is 27.8. The van der Waals surface area contributed by atoms with Crippen LogP contribution in [0.3, 0.4) is 0 Å². The topological polar surface area (TPSA) is 17.3 Å². The first-order chi connectivity index (χ1) is 18.5. The molecule has 0 aliphatic carbocycles. The minimum atomic E-state index is -1.51. The average molecular weight is 515 g/mol. The van der Waals surface area contributed by atoms with Gasteiger partial charge < -0.3 is 0 Å². The van der Waals surface area contributed by atoms with Gasteiger partial charge >= 0.3 is 0 Å². The summed E-state index contributed by atoms with van der Waals surface area (Å²) in [5, 5.41) is 3.01. The largest absolute Gasteiger partial charge is 0.291 e. The fourth-order valence-electron chi connectivity index (χ4n) is 6.66. The zero-order valence-electron chi connectivity index (χ0n) is 24.1. The van der Waals surface area contributed by atoms with E-state index >= 15 is 4.39 Å². The molecule has 0 saturated heterocycles. The third-order valence-corrected chi connectivity index (χ3v) is 8.19. The fourth-order valence-corrected chi connectivity index (χ4v) is 6.66. The van der Waals surface area contributed by atoms with Crippen LogP contribution in [0.5, 0.6) is 0 Å². The van der Waals surface area contributed by atoms with Crippen molar-refractivity contribution in [2.24, 2.45) is 0 Å². The van der Waals surface area contributed by atoms with E-state index in [2.05, 4.69) is 101 Å². The third kappa shape index (κ3) is 3.86. The molecule has 6 rings (SSSR count). The van der Waals surface area contributed by atoms with Crippen molar-refractivity contribution in [1.29, 1.82) is 0 Å². The Morgan fingerprint density at radius 2 is 1.33 bits per heavy atom. The van der Waals surface area contributed by atoms with Gasteiger partial charge in [0.25, 0.3) is 0 Å². The van der Waals surface area contributed by atoms with Gasteiger partial charge in [-0.25, -0.2) is 9.37 Å². The van der Waals surface area contributed by atoms with Gasteiger partial charge in [-0.2, -0.15) is 0 Å². The van der Waals surface area contributed by atoms with Gasteiger partial charge in [0.05, 0.1) is 16.9 Å². The first-order valence-electron chi connectivity index (χ1n) is 13.7. The van der Waals surface area contributed by atoms with Crippen molar-refractivity contribution in [3.05, 3.63) is 106 Å². The quantitative estimate of drug-likeness (QED) is 0.215. The molecule has 2 heterocycles. The molecule has 0 saturated carbocycles. The molecule has 0 unspecified atom stereocenters. The lowest BCUT2D eigenvalue weighted by Crippen LogP contribution is -2.10. The number of hydrogen-bond acceptors (Lipinski definition) is 1. The molecule has 0 aliphatic heterocycles. The Hall–Kier alpha value is -3.98. The van der Waals surface area contributed by atoms with E-state index in [0.29, 0.717) is 5.56 Å². The molecule has 0 aliphatic rings. The number of imidazole rings is 1. The molecule has 0 atom stereocenters. The second-order valence-corrected chi connectivity index (χ2v) is 11.7. The number of hydrogen-bond donors (Lipinski definition) is 0. The molecule has 6 aromatic rings. The number of pyridine rings is 1. The Balaban J connectivity index is 1.87. The van der Waals surface area contributed by atoms with Crippen molar-refractivity contribution in [3.63, 3.8) is 0 Å². The van der Waals surface area contributed by atoms with Gasteiger partial charge in [0.1, 0.15) is 11.3 Å². The molecule has 3 heteroatoms. The van der Waals surface area contributed by atoms with Crippen LogP contribution in [0.2, 0.25) is 0 Å². The molecule has 0 spiro atoms. The number of rotatable bonds is 3. The minimum absolute atomic E-state index is 0.666. The predicted molar refractivity (Wildman–Crippen MR) is 164 cm³/mol. The van der Waals surface area contributed by atoms with E-state index in [0.717, 1.165) is 38.7 Å². The third-order valence-electron chi connectivity index (χ3n) is 8.19. The number of benzene rings is 4. The first kappa shape index (κ1) is 25.3. The van der Waals surface area contributed by atoms with Crippen LogP contribution in [0.1, 0.15) is 52.9 Å². The van der Waals surface area contributed by atoms with Crippen LogP contribution >= 0.6 is 0 Å². The lowest BCUT2D eigenvalue weighted by molar-refractivity contribution is 0.224. The summed E-state index contributed by atoms with van der Waals surface area (Å²) in [6.45, 7) is 16.2. The highest BCUT2D eigenvalue weighted by Crippen LogP contribution is 2.42. The second-order valence-electron chi connectivity index (χ2n) is 11.7. The molecule has 2 nitrogen and oxygen atoms in total. The van der Waals surface area contributed by atoms with Crippen molar-refractivity contribution >= 4 is 27.3 Å². The molecule has 4 aromatic carbocycles. The number of aryl methyl sites for hydroxylation is 6. The van der Waals surface area contributed by atoms with Crippen molar-refractivity contribution in [3.8, 4) is 22.4 Å². The van der Waals surface area contributed by atoms with Crippen molar-refractivity contribution < 1.29 is 4.39 Å². The summed E-state index contributed by atoms with van der Waals surface area (Å²) in [6.07, 6.45) is 0. The molecule has 0 bridgehead atoms. The summed E-state index contributed by atoms with van der Waals surface area (Å²) in [4.78, 5) is 5.18. The summed E-state index contributed by atoms with van der Waals surface area (Å²) < 4.78 is 18.0. The van der Waals surface area contributed by atoms with Gasteiger partial charge in [-0.1, -0.05) is 66.2 Å². The molecule has 2 aromatic heterocycles. The monoisotopic (exact) mass is 514 g/mol. The summed E-state index contributed by atoms with van der Waals surface area (Å²) in [7, 11) is 0. The van der Waals surface area contributed by atoms with E-state index in [4.69, 9.17) is 4.98 Å². The zero-order valence-corrected chi connectivity index (χ0v) is 24.1. The lowest BCUT2D eigenvalue weighted by Gasteiger charge is -2.21. The van der Waals surface area contributed by atoms with Crippen LogP contribution in [-0.2, 0) is 5.67 Å².